The molecule has 0 saturated heterocycles. The van der Waals surface area contributed by atoms with E-state index >= 15 is 0 Å². The summed E-state index contributed by atoms with van der Waals surface area (Å²) in [6.45, 7) is 0.0297. The van der Waals surface area contributed by atoms with Gasteiger partial charge in [0, 0.05) is 16.1 Å². The molecule has 0 bridgehead atoms. The topological polar surface area (TPSA) is 98.5 Å². The number of nitrogens with two attached hydrogens (primary N) is 1. The van der Waals surface area contributed by atoms with E-state index in [1.54, 1.807) is 48.5 Å². The third kappa shape index (κ3) is 6.42. The fourth-order valence-electron chi connectivity index (χ4n) is 2.63. The monoisotopic (exact) mass is 438 g/mol. The molecule has 158 valence electrons. The summed E-state index contributed by atoms with van der Waals surface area (Å²) in [7, 11) is 0. The molecule has 31 heavy (non-hydrogen) atoms. The van der Waals surface area contributed by atoms with Crippen LogP contribution in [0.25, 0.3) is 0 Å². The lowest BCUT2D eigenvalue weighted by Gasteiger charge is -2.10. The average molecular weight is 438 g/mol. The van der Waals surface area contributed by atoms with Gasteiger partial charge in [-0.2, -0.15) is 0 Å². The molecule has 3 rings (SSSR count). The van der Waals surface area contributed by atoms with Crippen molar-refractivity contribution >= 4 is 35.2 Å². The summed E-state index contributed by atoms with van der Waals surface area (Å²) in [6, 6.07) is 18.7. The summed E-state index contributed by atoms with van der Waals surface area (Å²) in [5.74, 6) is -1.66. The first-order valence-corrected chi connectivity index (χ1v) is 10.2. The predicted molar refractivity (Wildman–Crippen MR) is 116 cm³/mol. The standard InChI is InChI=1S/C23H19FN2O4S/c24-17-9-11-18(12-10-17)26-21(27)14-31-20-4-2-1-3-19(20)23(29)30-13-15-5-7-16(8-6-15)22(25)28/h1-12H,13-14H2,(H2,25,28)(H,26,27). The second-order valence-corrected chi connectivity index (χ2v) is 7.49. The highest BCUT2D eigenvalue weighted by atomic mass is 32.2. The Morgan fingerprint density at radius 2 is 1.61 bits per heavy atom. The lowest BCUT2D eigenvalue weighted by Crippen LogP contribution is -2.14. The van der Waals surface area contributed by atoms with Crippen molar-refractivity contribution in [1.29, 1.82) is 0 Å². The minimum absolute atomic E-state index is 0.0297. The summed E-state index contributed by atoms with van der Waals surface area (Å²) in [6.07, 6.45) is 0. The lowest BCUT2D eigenvalue weighted by atomic mass is 10.1. The van der Waals surface area contributed by atoms with Crippen molar-refractivity contribution in [3.8, 4) is 0 Å². The summed E-state index contributed by atoms with van der Waals surface area (Å²) in [4.78, 5) is 36.4. The maximum Gasteiger partial charge on any atom is 0.339 e. The van der Waals surface area contributed by atoms with Crippen LogP contribution in [0.3, 0.4) is 0 Å². The van der Waals surface area contributed by atoms with E-state index in [9.17, 15) is 18.8 Å². The Bertz CT molecular complexity index is 1090. The molecule has 3 aromatic rings. The molecule has 0 unspecified atom stereocenters. The highest BCUT2D eigenvalue weighted by Gasteiger charge is 2.14. The molecule has 0 saturated carbocycles. The van der Waals surface area contributed by atoms with Gasteiger partial charge in [-0.3, -0.25) is 9.59 Å². The quantitative estimate of drug-likeness (QED) is 0.409. The molecule has 3 aromatic carbocycles. The maximum atomic E-state index is 13.0. The van der Waals surface area contributed by atoms with Gasteiger partial charge in [-0.1, -0.05) is 24.3 Å². The number of hydrogen-bond donors (Lipinski definition) is 2. The van der Waals surface area contributed by atoms with Crippen LogP contribution in [-0.4, -0.2) is 23.5 Å². The summed E-state index contributed by atoms with van der Waals surface area (Å²) in [5.41, 5.74) is 7.12. The van der Waals surface area contributed by atoms with Gasteiger partial charge < -0.3 is 15.8 Å². The number of rotatable bonds is 8. The van der Waals surface area contributed by atoms with Crippen molar-refractivity contribution in [3.63, 3.8) is 0 Å². The molecule has 0 radical (unpaired) electrons. The summed E-state index contributed by atoms with van der Waals surface area (Å²) >= 11 is 1.19. The van der Waals surface area contributed by atoms with Gasteiger partial charge in [0.05, 0.1) is 11.3 Å². The van der Waals surface area contributed by atoms with Crippen LogP contribution in [-0.2, 0) is 16.1 Å². The minimum atomic E-state index is -0.530. The van der Waals surface area contributed by atoms with Crippen LogP contribution in [0.5, 0.6) is 0 Å². The molecule has 0 aliphatic rings. The Morgan fingerprint density at radius 1 is 0.935 bits per heavy atom. The van der Waals surface area contributed by atoms with E-state index in [1.165, 1.54) is 36.0 Å². The first-order valence-electron chi connectivity index (χ1n) is 9.25. The number of ether oxygens (including phenoxy) is 1. The number of carbonyl (C=O) groups is 3. The van der Waals surface area contributed by atoms with Crippen LogP contribution < -0.4 is 11.1 Å². The molecule has 0 heterocycles. The van der Waals surface area contributed by atoms with Crippen LogP contribution in [0.1, 0.15) is 26.3 Å². The molecule has 0 aromatic heterocycles. The third-order valence-corrected chi connectivity index (χ3v) is 5.28. The molecule has 0 aliphatic carbocycles. The van der Waals surface area contributed by atoms with Gasteiger partial charge >= 0.3 is 5.97 Å². The van der Waals surface area contributed by atoms with E-state index in [0.29, 0.717) is 27.3 Å². The smallest absolute Gasteiger partial charge is 0.339 e. The molecule has 6 nitrogen and oxygen atoms in total. The minimum Gasteiger partial charge on any atom is -0.457 e. The molecular weight excluding hydrogens is 419 g/mol. The first kappa shape index (κ1) is 22.0. The maximum absolute atomic E-state index is 13.0. The average Bonchev–Trinajstić information content (AvgIpc) is 2.78. The lowest BCUT2D eigenvalue weighted by molar-refractivity contribution is -0.113. The zero-order valence-electron chi connectivity index (χ0n) is 16.3. The molecule has 0 atom stereocenters. The van der Waals surface area contributed by atoms with Gasteiger partial charge in [-0.05, 0) is 54.1 Å². The number of carbonyl (C=O) groups excluding carboxylic acids is 3. The number of thioether (sulfide) groups is 1. The Labute approximate surface area is 182 Å². The SMILES string of the molecule is NC(=O)c1ccc(COC(=O)c2ccccc2SCC(=O)Nc2ccc(F)cc2)cc1. The van der Waals surface area contributed by atoms with Crippen molar-refractivity contribution < 1.29 is 23.5 Å². The molecular formula is C23H19FN2O4S. The number of amides is 2. The van der Waals surface area contributed by atoms with Crippen LogP contribution in [0.15, 0.2) is 77.7 Å². The Hall–Kier alpha value is -3.65. The first-order chi connectivity index (χ1) is 14.9. The van der Waals surface area contributed by atoms with E-state index in [2.05, 4.69) is 5.32 Å². The van der Waals surface area contributed by atoms with E-state index in [0.717, 1.165) is 0 Å². The van der Waals surface area contributed by atoms with E-state index in [-0.39, 0.29) is 24.1 Å². The number of anilines is 1. The Kier molecular flexibility index (Phi) is 7.40. The number of nitrogens with one attached hydrogen (secondary N) is 1. The van der Waals surface area contributed by atoms with Crippen molar-refractivity contribution in [2.45, 2.75) is 11.5 Å². The number of primary amides is 1. The van der Waals surface area contributed by atoms with Gasteiger partial charge in [0.1, 0.15) is 12.4 Å². The van der Waals surface area contributed by atoms with Crippen LogP contribution in [0.2, 0.25) is 0 Å². The number of esters is 1. The molecule has 0 fully saturated rings. The van der Waals surface area contributed by atoms with Gasteiger partial charge in [-0.15, -0.1) is 11.8 Å². The Balaban J connectivity index is 1.57. The highest BCUT2D eigenvalue weighted by Crippen LogP contribution is 2.24. The van der Waals surface area contributed by atoms with Gasteiger partial charge in [0.25, 0.3) is 0 Å². The van der Waals surface area contributed by atoms with Gasteiger partial charge in [0.15, 0.2) is 0 Å². The van der Waals surface area contributed by atoms with Crippen LogP contribution in [0.4, 0.5) is 10.1 Å². The fraction of sp³-hybridized carbons (Fsp3) is 0.0870. The van der Waals surface area contributed by atoms with Gasteiger partial charge in [0.2, 0.25) is 11.8 Å². The molecule has 2 amide bonds. The highest BCUT2D eigenvalue weighted by molar-refractivity contribution is 8.00. The van der Waals surface area contributed by atoms with Crippen molar-refractivity contribution in [1.82, 2.24) is 0 Å². The summed E-state index contributed by atoms with van der Waals surface area (Å²) in [5, 5.41) is 2.67. The summed E-state index contributed by atoms with van der Waals surface area (Å²) < 4.78 is 18.3. The van der Waals surface area contributed by atoms with Crippen molar-refractivity contribution in [2.24, 2.45) is 5.73 Å². The van der Waals surface area contributed by atoms with Crippen LogP contribution >= 0.6 is 11.8 Å². The van der Waals surface area contributed by atoms with E-state index < -0.39 is 11.9 Å². The van der Waals surface area contributed by atoms with Crippen LogP contribution in [0, 0.1) is 5.82 Å². The largest absolute Gasteiger partial charge is 0.457 e. The molecule has 0 spiro atoms. The van der Waals surface area contributed by atoms with E-state index in [4.69, 9.17) is 10.5 Å². The van der Waals surface area contributed by atoms with Gasteiger partial charge in [-0.25, -0.2) is 9.18 Å². The molecule has 0 aliphatic heterocycles. The predicted octanol–water partition coefficient (Wildman–Crippen LogP) is 4.01. The van der Waals surface area contributed by atoms with Crippen molar-refractivity contribution in [3.05, 3.63) is 95.3 Å². The third-order valence-electron chi connectivity index (χ3n) is 4.20. The second-order valence-electron chi connectivity index (χ2n) is 6.48. The normalized spacial score (nSPS) is 10.4. The van der Waals surface area contributed by atoms with E-state index in [1.807, 2.05) is 0 Å². The molecule has 8 heteroatoms. The van der Waals surface area contributed by atoms with Crippen molar-refractivity contribution in [2.75, 3.05) is 11.1 Å². The number of hydrogen-bond acceptors (Lipinski definition) is 5. The fourth-order valence-corrected chi connectivity index (χ4v) is 3.47. The Morgan fingerprint density at radius 3 is 2.29 bits per heavy atom. The zero-order chi connectivity index (χ0) is 22.2. The number of halogens is 1. The zero-order valence-corrected chi connectivity index (χ0v) is 17.2. The second kappa shape index (κ2) is 10.4. The molecule has 3 N–H and O–H groups in total. The number of benzene rings is 3.